The summed E-state index contributed by atoms with van der Waals surface area (Å²) < 4.78 is 11.0. The van der Waals surface area contributed by atoms with Gasteiger partial charge in [-0.3, -0.25) is 4.79 Å². The number of ether oxygens (including phenoxy) is 2. The summed E-state index contributed by atoms with van der Waals surface area (Å²) in [5.74, 6) is 0.896. The van der Waals surface area contributed by atoms with Crippen LogP contribution in [0, 0.1) is 0 Å². The molecule has 2 N–H and O–H groups in total. The Labute approximate surface area is 117 Å². The van der Waals surface area contributed by atoms with Crippen molar-refractivity contribution in [2.24, 2.45) is 0 Å². The monoisotopic (exact) mass is 277 g/mol. The standard InChI is InChI=1S/C15H19NO4/c17-12-6-2-1-5-11(12)16-15(18)10-4-3-7-13-14(10)20-9-8-19-13/h3-4,7,11-12,17H,1-2,5-6,8-9H2,(H,16,18)/t11-,12-/m1/s1. The molecule has 20 heavy (non-hydrogen) atoms. The van der Waals surface area contributed by atoms with E-state index >= 15 is 0 Å². The zero-order valence-corrected chi connectivity index (χ0v) is 11.3. The summed E-state index contributed by atoms with van der Waals surface area (Å²) in [4.78, 5) is 12.4. The van der Waals surface area contributed by atoms with Crippen LogP contribution < -0.4 is 14.8 Å². The summed E-state index contributed by atoms with van der Waals surface area (Å²) in [6.45, 7) is 0.947. The minimum absolute atomic E-state index is 0.170. The van der Waals surface area contributed by atoms with Gasteiger partial charge in [0.05, 0.1) is 17.7 Å². The molecule has 5 heteroatoms. The molecule has 0 bridgehead atoms. The largest absolute Gasteiger partial charge is 0.486 e. The van der Waals surface area contributed by atoms with Crippen LogP contribution in [0.1, 0.15) is 36.0 Å². The van der Waals surface area contributed by atoms with Crippen molar-refractivity contribution >= 4 is 5.91 Å². The summed E-state index contributed by atoms with van der Waals surface area (Å²) in [6, 6.07) is 5.12. The maximum atomic E-state index is 12.4. The Balaban J connectivity index is 1.77. The zero-order chi connectivity index (χ0) is 13.9. The number of aliphatic hydroxyl groups is 1. The molecule has 1 aromatic carbocycles. The fourth-order valence-corrected chi connectivity index (χ4v) is 2.78. The number of amides is 1. The molecular formula is C15H19NO4. The molecule has 1 heterocycles. The highest BCUT2D eigenvalue weighted by Crippen LogP contribution is 2.33. The Morgan fingerprint density at radius 3 is 2.85 bits per heavy atom. The third-order valence-corrected chi connectivity index (χ3v) is 3.86. The number of carbonyl (C=O) groups excluding carboxylic acids is 1. The van der Waals surface area contributed by atoms with Crippen LogP contribution in [0.3, 0.4) is 0 Å². The van der Waals surface area contributed by atoms with Crippen LogP contribution in [-0.2, 0) is 0 Å². The highest BCUT2D eigenvalue weighted by atomic mass is 16.6. The van der Waals surface area contributed by atoms with Crippen molar-refractivity contribution in [3.05, 3.63) is 23.8 Å². The first kappa shape index (κ1) is 13.2. The number of carbonyl (C=O) groups is 1. The predicted octanol–water partition coefficient (Wildman–Crippen LogP) is 1.49. The van der Waals surface area contributed by atoms with Crippen molar-refractivity contribution in [3.63, 3.8) is 0 Å². The van der Waals surface area contributed by atoms with E-state index in [4.69, 9.17) is 9.47 Å². The molecule has 0 saturated heterocycles. The number of para-hydroxylation sites is 1. The van der Waals surface area contributed by atoms with E-state index in [9.17, 15) is 9.90 Å². The van der Waals surface area contributed by atoms with Crippen LogP contribution in [0.25, 0.3) is 0 Å². The first-order chi connectivity index (χ1) is 9.75. The molecule has 1 aliphatic carbocycles. The molecule has 2 aliphatic rings. The van der Waals surface area contributed by atoms with Crippen molar-refractivity contribution in [1.29, 1.82) is 0 Å². The SMILES string of the molecule is O=C(N[C@@H]1CCCC[C@H]1O)c1cccc2c1OCCO2. The second-order valence-electron chi connectivity index (χ2n) is 5.26. The van der Waals surface area contributed by atoms with E-state index in [2.05, 4.69) is 5.32 Å². The van der Waals surface area contributed by atoms with E-state index in [1.54, 1.807) is 18.2 Å². The quantitative estimate of drug-likeness (QED) is 0.859. The summed E-state index contributed by atoms with van der Waals surface area (Å²) in [7, 11) is 0. The third-order valence-electron chi connectivity index (χ3n) is 3.86. The molecule has 1 amide bonds. The van der Waals surface area contributed by atoms with E-state index in [0.29, 0.717) is 30.3 Å². The van der Waals surface area contributed by atoms with Crippen molar-refractivity contribution in [1.82, 2.24) is 5.32 Å². The van der Waals surface area contributed by atoms with Gasteiger partial charge in [0.15, 0.2) is 11.5 Å². The topological polar surface area (TPSA) is 67.8 Å². The molecule has 0 unspecified atom stereocenters. The molecule has 0 radical (unpaired) electrons. The number of fused-ring (bicyclic) bond motifs is 1. The number of aliphatic hydroxyl groups excluding tert-OH is 1. The van der Waals surface area contributed by atoms with Gasteiger partial charge in [-0.05, 0) is 25.0 Å². The molecule has 0 spiro atoms. The van der Waals surface area contributed by atoms with Gasteiger partial charge >= 0.3 is 0 Å². The average Bonchev–Trinajstić information content (AvgIpc) is 2.49. The molecule has 108 valence electrons. The van der Waals surface area contributed by atoms with Gasteiger partial charge in [0.1, 0.15) is 13.2 Å². The molecule has 1 aromatic rings. The van der Waals surface area contributed by atoms with Crippen LogP contribution in [-0.4, -0.2) is 36.4 Å². The molecule has 3 rings (SSSR count). The van der Waals surface area contributed by atoms with Crippen LogP contribution >= 0.6 is 0 Å². The van der Waals surface area contributed by atoms with E-state index in [1.807, 2.05) is 0 Å². The van der Waals surface area contributed by atoms with Gasteiger partial charge in [-0.1, -0.05) is 18.9 Å². The van der Waals surface area contributed by atoms with Crippen LogP contribution in [0.4, 0.5) is 0 Å². The lowest BCUT2D eigenvalue weighted by Crippen LogP contribution is -2.45. The van der Waals surface area contributed by atoms with E-state index in [0.717, 1.165) is 25.7 Å². The van der Waals surface area contributed by atoms with Crippen LogP contribution in [0.2, 0.25) is 0 Å². The summed E-state index contributed by atoms with van der Waals surface area (Å²) >= 11 is 0. The Hall–Kier alpha value is -1.75. The van der Waals surface area contributed by atoms with Crippen molar-refractivity contribution in [2.45, 2.75) is 37.8 Å². The molecule has 1 fully saturated rings. The minimum Gasteiger partial charge on any atom is -0.486 e. The van der Waals surface area contributed by atoms with Crippen LogP contribution in [0.15, 0.2) is 18.2 Å². The third kappa shape index (κ3) is 2.58. The van der Waals surface area contributed by atoms with Gasteiger partial charge in [-0.15, -0.1) is 0 Å². The molecule has 1 aliphatic heterocycles. The number of hydrogen-bond acceptors (Lipinski definition) is 4. The Morgan fingerprint density at radius 1 is 1.20 bits per heavy atom. The van der Waals surface area contributed by atoms with Gasteiger partial charge in [-0.25, -0.2) is 0 Å². The van der Waals surface area contributed by atoms with Gasteiger partial charge in [0, 0.05) is 0 Å². The Morgan fingerprint density at radius 2 is 2.00 bits per heavy atom. The summed E-state index contributed by atoms with van der Waals surface area (Å²) in [6.07, 6.45) is 3.17. The normalized spacial score (nSPS) is 25.1. The second-order valence-corrected chi connectivity index (χ2v) is 5.26. The zero-order valence-electron chi connectivity index (χ0n) is 11.3. The second kappa shape index (κ2) is 5.71. The molecule has 1 saturated carbocycles. The molecule has 0 aromatic heterocycles. The summed E-state index contributed by atoms with van der Waals surface area (Å²) in [5, 5.41) is 12.8. The minimum atomic E-state index is -0.454. The molecular weight excluding hydrogens is 258 g/mol. The first-order valence-corrected chi connectivity index (χ1v) is 7.13. The lowest BCUT2D eigenvalue weighted by molar-refractivity contribution is 0.0711. The van der Waals surface area contributed by atoms with Gasteiger partial charge in [0.2, 0.25) is 0 Å². The highest BCUT2D eigenvalue weighted by molar-refractivity contribution is 5.98. The lowest BCUT2D eigenvalue weighted by Gasteiger charge is -2.29. The van der Waals surface area contributed by atoms with Gasteiger partial charge in [0.25, 0.3) is 5.91 Å². The van der Waals surface area contributed by atoms with Gasteiger partial charge < -0.3 is 19.9 Å². The average molecular weight is 277 g/mol. The molecule has 5 nitrogen and oxygen atoms in total. The van der Waals surface area contributed by atoms with E-state index in [-0.39, 0.29) is 11.9 Å². The van der Waals surface area contributed by atoms with E-state index in [1.165, 1.54) is 0 Å². The highest BCUT2D eigenvalue weighted by Gasteiger charge is 2.27. The summed E-state index contributed by atoms with van der Waals surface area (Å²) in [5.41, 5.74) is 0.472. The maximum Gasteiger partial charge on any atom is 0.255 e. The smallest absolute Gasteiger partial charge is 0.255 e. The number of nitrogens with one attached hydrogen (secondary N) is 1. The fraction of sp³-hybridized carbons (Fsp3) is 0.533. The number of benzene rings is 1. The first-order valence-electron chi connectivity index (χ1n) is 7.13. The van der Waals surface area contributed by atoms with Crippen molar-refractivity contribution < 1.29 is 19.4 Å². The van der Waals surface area contributed by atoms with E-state index < -0.39 is 6.10 Å². The van der Waals surface area contributed by atoms with Crippen molar-refractivity contribution in [2.75, 3.05) is 13.2 Å². The fourth-order valence-electron chi connectivity index (χ4n) is 2.78. The predicted molar refractivity (Wildman–Crippen MR) is 73.2 cm³/mol. The maximum absolute atomic E-state index is 12.4. The van der Waals surface area contributed by atoms with Crippen molar-refractivity contribution in [3.8, 4) is 11.5 Å². The Bertz CT molecular complexity index is 503. The molecule has 2 atom stereocenters. The Kier molecular flexibility index (Phi) is 3.78. The van der Waals surface area contributed by atoms with Gasteiger partial charge in [-0.2, -0.15) is 0 Å². The lowest BCUT2D eigenvalue weighted by atomic mass is 9.92. The van der Waals surface area contributed by atoms with Crippen LogP contribution in [0.5, 0.6) is 11.5 Å². The number of rotatable bonds is 2. The number of hydrogen-bond donors (Lipinski definition) is 2.